The first kappa shape index (κ1) is 22.9. The van der Waals surface area contributed by atoms with Crippen molar-refractivity contribution in [1.29, 1.82) is 0 Å². The molecule has 0 saturated carbocycles. The lowest BCUT2D eigenvalue weighted by molar-refractivity contribution is 0.0923. The fourth-order valence-electron chi connectivity index (χ4n) is 3.76. The van der Waals surface area contributed by atoms with Gasteiger partial charge in [-0.1, -0.05) is 30.3 Å². The summed E-state index contributed by atoms with van der Waals surface area (Å²) in [6.45, 7) is 1.95. The Morgan fingerprint density at radius 1 is 0.853 bits per heavy atom. The molecule has 3 aromatic carbocycles. The maximum atomic E-state index is 12.4. The van der Waals surface area contributed by atoms with Gasteiger partial charge in [-0.3, -0.25) is 4.79 Å². The van der Waals surface area contributed by atoms with E-state index in [-0.39, 0.29) is 5.91 Å². The first-order valence-corrected chi connectivity index (χ1v) is 10.7. The van der Waals surface area contributed by atoms with E-state index in [9.17, 15) is 4.79 Å². The number of carbonyl (C=O) groups excluding carboxylic acids is 1. The van der Waals surface area contributed by atoms with E-state index >= 15 is 0 Å². The van der Waals surface area contributed by atoms with E-state index in [1.54, 1.807) is 27.5 Å². The van der Waals surface area contributed by atoms with E-state index in [2.05, 4.69) is 5.10 Å². The third-order valence-corrected chi connectivity index (χ3v) is 5.42. The molecule has 0 aliphatic carbocycles. The first-order valence-electron chi connectivity index (χ1n) is 10.7. The van der Waals surface area contributed by atoms with Crippen molar-refractivity contribution < 1.29 is 23.7 Å². The number of benzene rings is 3. The lowest BCUT2D eigenvalue weighted by Crippen LogP contribution is -2.09. The standard InChI is InChI=1S/C27H26N2O5/c1-18(30)29-26(20-10-12-22(13-11-20)34-17-19-8-6-5-7-9-19)23(16-28-29)21-14-24(31-2)27(33-4)25(15-21)32-3/h5-16H,17H2,1-4H3. The number of aromatic nitrogens is 2. The van der Waals surface area contributed by atoms with E-state index in [4.69, 9.17) is 18.9 Å². The molecule has 0 aliphatic heterocycles. The highest BCUT2D eigenvalue weighted by Gasteiger charge is 2.21. The third-order valence-electron chi connectivity index (χ3n) is 5.42. The number of rotatable bonds is 8. The molecule has 0 fully saturated rings. The smallest absolute Gasteiger partial charge is 0.244 e. The van der Waals surface area contributed by atoms with Gasteiger partial charge < -0.3 is 18.9 Å². The van der Waals surface area contributed by atoms with E-state index in [0.717, 1.165) is 28.0 Å². The molecule has 1 aromatic heterocycles. The normalized spacial score (nSPS) is 10.6. The van der Waals surface area contributed by atoms with Gasteiger partial charge in [0.2, 0.25) is 11.7 Å². The van der Waals surface area contributed by atoms with E-state index in [0.29, 0.717) is 29.5 Å². The highest BCUT2D eigenvalue weighted by Crippen LogP contribution is 2.43. The fraction of sp³-hybridized carbons (Fsp3) is 0.185. The molecule has 4 rings (SSSR count). The number of nitrogens with zero attached hydrogens (tertiary/aromatic N) is 2. The molecule has 0 atom stereocenters. The maximum absolute atomic E-state index is 12.4. The van der Waals surface area contributed by atoms with Gasteiger partial charge in [-0.25, -0.2) is 0 Å². The molecule has 7 heteroatoms. The quantitative estimate of drug-likeness (QED) is 0.348. The number of carbonyl (C=O) groups is 1. The average molecular weight is 459 g/mol. The van der Waals surface area contributed by atoms with Crippen molar-refractivity contribution in [2.75, 3.05) is 21.3 Å². The number of hydrogen-bond acceptors (Lipinski definition) is 6. The van der Waals surface area contributed by atoms with Crippen LogP contribution in [0.25, 0.3) is 22.4 Å². The lowest BCUT2D eigenvalue weighted by Gasteiger charge is -2.15. The summed E-state index contributed by atoms with van der Waals surface area (Å²) in [5, 5.41) is 4.34. The molecule has 0 unspecified atom stereocenters. The summed E-state index contributed by atoms with van der Waals surface area (Å²) in [6, 6.07) is 21.2. The molecule has 7 nitrogen and oxygen atoms in total. The van der Waals surface area contributed by atoms with Crippen LogP contribution in [-0.4, -0.2) is 37.0 Å². The second kappa shape index (κ2) is 10.1. The molecule has 0 amide bonds. The van der Waals surface area contributed by atoms with E-state index < -0.39 is 0 Å². The van der Waals surface area contributed by atoms with Crippen LogP contribution >= 0.6 is 0 Å². The molecule has 1 heterocycles. The molecule has 0 N–H and O–H groups in total. The summed E-state index contributed by atoms with van der Waals surface area (Å²) in [7, 11) is 4.69. The number of hydrogen-bond donors (Lipinski definition) is 0. The third kappa shape index (κ3) is 4.59. The van der Waals surface area contributed by atoms with Crippen molar-refractivity contribution in [3.8, 4) is 45.4 Å². The summed E-state index contributed by atoms with van der Waals surface area (Å²) in [5.41, 5.74) is 4.11. The van der Waals surface area contributed by atoms with Crippen LogP contribution in [0.2, 0.25) is 0 Å². The summed E-state index contributed by atoms with van der Waals surface area (Å²) in [5.74, 6) is 2.06. The van der Waals surface area contributed by atoms with Crippen LogP contribution in [0.5, 0.6) is 23.0 Å². The summed E-state index contributed by atoms with van der Waals surface area (Å²) in [4.78, 5) is 12.4. The molecular weight excluding hydrogens is 432 g/mol. The monoisotopic (exact) mass is 458 g/mol. The van der Waals surface area contributed by atoms with Gasteiger partial charge in [0.25, 0.3) is 0 Å². The van der Waals surface area contributed by atoms with Crippen molar-refractivity contribution in [3.05, 3.63) is 78.5 Å². The zero-order valence-electron chi connectivity index (χ0n) is 19.6. The maximum Gasteiger partial charge on any atom is 0.244 e. The van der Waals surface area contributed by atoms with Gasteiger partial charge in [0.1, 0.15) is 12.4 Å². The minimum absolute atomic E-state index is 0.196. The Labute approximate surface area is 198 Å². The van der Waals surface area contributed by atoms with Crippen LogP contribution in [0.4, 0.5) is 0 Å². The van der Waals surface area contributed by atoms with Gasteiger partial charge in [0, 0.05) is 18.1 Å². The SMILES string of the molecule is COc1cc(-c2cnn(C(C)=O)c2-c2ccc(OCc3ccccc3)cc2)cc(OC)c1OC. The van der Waals surface area contributed by atoms with Gasteiger partial charge in [-0.15, -0.1) is 0 Å². The largest absolute Gasteiger partial charge is 0.493 e. The van der Waals surface area contributed by atoms with Crippen molar-refractivity contribution >= 4 is 5.91 Å². The minimum Gasteiger partial charge on any atom is -0.493 e. The average Bonchev–Trinajstić information content (AvgIpc) is 3.33. The van der Waals surface area contributed by atoms with E-state index in [1.807, 2.05) is 66.7 Å². The Balaban J connectivity index is 1.72. The summed E-state index contributed by atoms with van der Waals surface area (Å²) >= 11 is 0. The van der Waals surface area contributed by atoms with Crippen LogP contribution in [0.15, 0.2) is 72.9 Å². The number of ether oxygens (including phenoxy) is 4. The van der Waals surface area contributed by atoms with Gasteiger partial charge >= 0.3 is 0 Å². The van der Waals surface area contributed by atoms with Crippen molar-refractivity contribution in [2.45, 2.75) is 13.5 Å². The second-order valence-corrected chi connectivity index (χ2v) is 7.55. The molecule has 0 aliphatic rings. The Morgan fingerprint density at radius 2 is 1.50 bits per heavy atom. The van der Waals surface area contributed by atoms with Crippen LogP contribution in [0.1, 0.15) is 17.3 Å². The summed E-state index contributed by atoms with van der Waals surface area (Å²) < 4.78 is 23.7. The first-order chi connectivity index (χ1) is 16.5. The zero-order chi connectivity index (χ0) is 24.1. The van der Waals surface area contributed by atoms with Crippen LogP contribution in [0.3, 0.4) is 0 Å². The fourth-order valence-corrected chi connectivity index (χ4v) is 3.76. The second-order valence-electron chi connectivity index (χ2n) is 7.55. The number of methoxy groups -OCH3 is 3. The van der Waals surface area contributed by atoms with Gasteiger partial charge in [0.05, 0.1) is 33.2 Å². The van der Waals surface area contributed by atoms with Crippen molar-refractivity contribution in [1.82, 2.24) is 9.78 Å². The molecular formula is C27H26N2O5. The van der Waals surface area contributed by atoms with Crippen molar-refractivity contribution in [2.24, 2.45) is 0 Å². The topological polar surface area (TPSA) is 71.8 Å². The van der Waals surface area contributed by atoms with Crippen LogP contribution in [0, 0.1) is 0 Å². The van der Waals surface area contributed by atoms with Gasteiger partial charge in [-0.2, -0.15) is 9.78 Å². The predicted octanol–water partition coefficient (Wildman–Crippen LogP) is 5.48. The molecule has 0 spiro atoms. The van der Waals surface area contributed by atoms with Gasteiger partial charge in [-0.05, 0) is 47.5 Å². The molecule has 174 valence electrons. The Bertz CT molecular complexity index is 1260. The molecule has 4 aromatic rings. The molecule has 0 radical (unpaired) electrons. The zero-order valence-corrected chi connectivity index (χ0v) is 19.6. The van der Waals surface area contributed by atoms with Crippen LogP contribution < -0.4 is 18.9 Å². The Morgan fingerprint density at radius 3 is 2.06 bits per heavy atom. The molecule has 0 bridgehead atoms. The lowest BCUT2D eigenvalue weighted by atomic mass is 10.0. The predicted molar refractivity (Wildman–Crippen MR) is 130 cm³/mol. The summed E-state index contributed by atoms with van der Waals surface area (Å²) in [6.07, 6.45) is 1.66. The molecule has 0 saturated heterocycles. The Hall–Kier alpha value is -4.26. The van der Waals surface area contributed by atoms with Crippen LogP contribution in [-0.2, 0) is 6.61 Å². The minimum atomic E-state index is -0.196. The van der Waals surface area contributed by atoms with Crippen molar-refractivity contribution in [3.63, 3.8) is 0 Å². The van der Waals surface area contributed by atoms with E-state index in [1.165, 1.54) is 11.6 Å². The molecule has 34 heavy (non-hydrogen) atoms. The van der Waals surface area contributed by atoms with Gasteiger partial charge in [0.15, 0.2) is 11.5 Å². The highest BCUT2D eigenvalue weighted by molar-refractivity contribution is 5.90. The highest BCUT2D eigenvalue weighted by atomic mass is 16.5. The Kier molecular flexibility index (Phi) is 6.82.